The molecule has 1 fully saturated rings. The predicted molar refractivity (Wildman–Crippen MR) is 118 cm³/mol. The maximum absolute atomic E-state index is 12.4. The normalized spacial score (nSPS) is 22.9. The minimum absolute atomic E-state index is 0.0184. The molecule has 11 heteroatoms. The van der Waals surface area contributed by atoms with Crippen molar-refractivity contribution >= 4 is 29.1 Å². The summed E-state index contributed by atoms with van der Waals surface area (Å²) in [5, 5.41) is 0. The monoisotopic (exact) mass is 478 g/mol. The Balaban J connectivity index is 1.48. The molecule has 5 rings (SSSR count). The third kappa shape index (κ3) is 4.03. The molecule has 1 aromatic carbocycles. The van der Waals surface area contributed by atoms with Gasteiger partial charge >= 0.3 is 17.9 Å². The van der Waals surface area contributed by atoms with Gasteiger partial charge in [-0.25, -0.2) is 19.7 Å². The van der Waals surface area contributed by atoms with Crippen molar-refractivity contribution in [3.05, 3.63) is 65.8 Å². The summed E-state index contributed by atoms with van der Waals surface area (Å²) in [4.78, 5) is 49.2. The molecule has 1 aliphatic carbocycles. The van der Waals surface area contributed by atoms with Gasteiger partial charge in [0.2, 0.25) is 0 Å². The second-order valence-corrected chi connectivity index (χ2v) is 8.39. The molecule has 1 aliphatic heterocycles. The van der Waals surface area contributed by atoms with E-state index in [1.165, 1.54) is 26.5 Å². The number of aryl methyl sites for hydroxylation is 1. The van der Waals surface area contributed by atoms with Crippen molar-refractivity contribution in [2.75, 3.05) is 6.61 Å². The molecule has 0 bridgehead atoms. The second-order valence-electron chi connectivity index (χ2n) is 8.39. The highest BCUT2D eigenvalue weighted by molar-refractivity contribution is 5.89. The van der Waals surface area contributed by atoms with Crippen molar-refractivity contribution in [3.8, 4) is 0 Å². The van der Waals surface area contributed by atoms with E-state index in [0.717, 1.165) is 0 Å². The lowest BCUT2D eigenvalue weighted by molar-refractivity contribution is -0.141. The lowest BCUT2D eigenvalue weighted by Crippen LogP contribution is -2.23. The highest BCUT2D eigenvalue weighted by Crippen LogP contribution is 2.61. The summed E-state index contributed by atoms with van der Waals surface area (Å²) < 4.78 is 24.5. The lowest BCUT2D eigenvalue weighted by atomic mass is 10.2. The van der Waals surface area contributed by atoms with Crippen molar-refractivity contribution in [2.45, 2.75) is 39.0 Å². The highest BCUT2D eigenvalue weighted by Gasteiger charge is 2.68. The van der Waals surface area contributed by atoms with Crippen LogP contribution in [0.5, 0.6) is 0 Å². The van der Waals surface area contributed by atoms with Gasteiger partial charge in [0, 0.05) is 19.8 Å². The van der Waals surface area contributed by atoms with E-state index >= 15 is 0 Å². The smallest absolute Gasteiger partial charge is 0.338 e. The Morgan fingerprint density at radius 3 is 2.54 bits per heavy atom. The molecular weight excluding hydrogens is 456 g/mol. The zero-order valence-electron chi connectivity index (χ0n) is 19.3. The van der Waals surface area contributed by atoms with Crippen LogP contribution >= 0.6 is 0 Å². The van der Waals surface area contributed by atoms with E-state index in [4.69, 9.17) is 18.9 Å². The van der Waals surface area contributed by atoms with E-state index in [-0.39, 0.29) is 24.0 Å². The summed E-state index contributed by atoms with van der Waals surface area (Å²) in [6.45, 7) is 4.30. The molecule has 11 nitrogen and oxygen atoms in total. The Morgan fingerprint density at radius 2 is 1.83 bits per heavy atom. The fourth-order valence-corrected chi connectivity index (χ4v) is 4.24. The Bertz CT molecular complexity index is 1370. The minimum Gasteiger partial charge on any atom is -0.462 e. The Morgan fingerprint density at radius 1 is 1.09 bits per heavy atom. The van der Waals surface area contributed by atoms with E-state index in [0.29, 0.717) is 28.8 Å². The number of benzene rings is 1. The van der Waals surface area contributed by atoms with Crippen LogP contribution in [0, 0.1) is 12.8 Å². The molecule has 0 saturated heterocycles. The number of carbonyl (C=O) groups is 3. The van der Waals surface area contributed by atoms with Crippen LogP contribution in [0.3, 0.4) is 0 Å². The third-order valence-corrected chi connectivity index (χ3v) is 5.92. The van der Waals surface area contributed by atoms with Gasteiger partial charge in [-0.05, 0) is 25.5 Å². The standard InChI is InChI=1S/C24H22N4O7/c1-13-18-21(26-11-25-13)28(12-27-18)22-19(33-14(2)29)20(34-15(3)30)24(35-22)9-17(24)10-32-23(31)16-7-5-4-6-8-16/h4-8,11-12,17,22H,9-10H2,1-3H3/t17-,22?,24+/m0/s1. The summed E-state index contributed by atoms with van der Waals surface area (Å²) in [6.07, 6.45) is 2.30. The molecule has 0 N–H and O–H groups in total. The van der Waals surface area contributed by atoms with Gasteiger partial charge in [-0.2, -0.15) is 0 Å². The molecule has 3 atom stereocenters. The molecule has 2 aromatic heterocycles. The maximum Gasteiger partial charge on any atom is 0.338 e. The summed E-state index contributed by atoms with van der Waals surface area (Å²) >= 11 is 0. The maximum atomic E-state index is 12.4. The van der Waals surface area contributed by atoms with Gasteiger partial charge in [0.25, 0.3) is 0 Å². The van der Waals surface area contributed by atoms with Gasteiger partial charge in [-0.1, -0.05) is 18.2 Å². The number of nitrogens with zero attached hydrogens (tertiary/aromatic N) is 4. The first-order chi connectivity index (χ1) is 16.8. The third-order valence-electron chi connectivity index (χ3n) is 5.92. The van der Waals surface area contributed by atoms with Crippen molar-refractivity contribution in [2.24, 2.45) is 5.92 Å². The molecule has 1 unspecified atom stereocenters. The zero-order chi connectivity index (χ0) is 24.7. The molecule has 3 aromatic rings. The molecule has 0 radical (unpaired) electrons. The van der Waals surface area contributed by atoms with Crippen LogP contribution in [0.4, 0.5) is 0 Å². The number of carbonyl (C=O) groups excluding carboxylic acids is 3. The van der Waals surface area contributed by atoms with Crippen molar-refractivity contribution in [1.29, 1.82) is 0 Å². The van der Waals surface area contributed by atoms with E-state index in [1.54, 1.807) is 41.8 Å². The number of fused-ring (bicyclic) bond motifs is 1. The summed E-state index contributed by atoms with van der Waals surface area (Å²) in [5.41, 5.74) is 0.980. The average molecular weight is 478 g/mol. The van der Waals surface area contributed by atoms with E-state index < -0.39 is 29.7 Å². The number of rotatable bonds is 6. The van der Waals surface area contributed by atoms with Crippen LogP contribution in [-0.4, -0.2) is 49.6 Å². The molecule has 2 aliphatic rings. The summed E-state index contributed by atoms with van der Waals surface area (Å²) in [6, 6.07) is 8.60. The molecule has 3 heterocycles. The molecule has 180 valence electrons. The Hall–Kier alpha value is -4.12. The largest absolute Gasteiger partial charge is 0.462 e. The van der Waals surface area contributed by atoms with E-state index in [9.17, 15) is 14.4 Å². The number of imidazole rings is 1. The van der Waals surface area contributed by atoms with Gasteiger partial charge in [0.05, 0.1) is 24.2 Å². The predicted octanol–water partition coefficient (Wildman–Crippen LogP) is 2.62. The summed E-state index contributed by atoms with van der Waals surface area (Å²) in [7, 11) is 0. The number of aromatic nitrogens is 4. The SMILES string of the molecule is CC(=O)OC1=C(OC(C)=O)[C@]2(C[C@H]2COC(=O)c2ccccc2)OC1n1cnc2c(C)ncnc21. The topological polar surface area (TPSA) is 132 Å². The Kier molecular flexibility index (Phi) is 5.56. The average Bonchev–Trinajstić information content (AvgIpc) is 3.22. The first kappa shape index (κ1) is 22.7. The number of hydrogen-bond donors (Lipinski definition) is 0. The van der Waals surface area contributed by atoms with Crippen LogP contribution in [0.2, 0.25) is 0 Å². The van der Waals surface area contributed by atoms with Gasteiger partial charge in [0.1, 0.15) is 17.4 Å². The zero-order valence-corrected chi connectivity index (χ0v) is 19.3. The minimum atomic E-state index is -1.11. The van der Waals surface area contributed by atoms with Crippen LogP contribution in [-0.2, 0) is 28.5 Å². The van der Waals surface area contributed by atoms with Gasteiger partial charge in [-0.3, -0.25) is 14.2 Å². The quantitative estimate of drug-likeness (QED) is 0.385. The number of hydrogen-bond acceptors (Lipinski definition) is 10. The molecule has 35 heavy (non-hydrogen) atoms. The van der Waals surface area contributed by atoms with Crippen molar-refractivity contribution < 1.29 is 33.3 Å². The van der Waals surface area contributed by atoms with Crippen LogP contribution < -0.4 is 0 Å². The van der Waals surface area contributed by atoms with Crippen LogP contribution in [0.15, 0.2) is 54.5 Å². The van der Waals surface area contributed by atoms with Crippen LogP contribution in [0.25, 0.3) is 11.2 Å². The fourth-order valence-electron chi connectivity index (χ4n) is 4.24. The highest BCUT2D eigenvalue weighted by atomic mass is 16.6. The fraction of sp³-hybridized carbons (Fsp3) is 0.333. The van der Waals surface area contributed by atoms with Gasteiger partial charge in [0.15, 0.2) is 23.4 Å². The first-order valence-corrected chi connectivity index (χ1v) is 11.0. The molecule has 1 saturated carbocycles. The summed E-state index contributed by atoms with van der Waals surface area (Å²) in [5.74, 6) is -1.91. The van der Waals surface area contributed by atoms with Crippen molar-refractivity contribution in [1.82, 2.24) is 19.5 Å². The number of esters is 3. The first-order valence-electron chi connectivity index (χ1n) is 11.0. The van der Waals surface area contributed by atoms with E-state index in [2.05, 4.69) is 15.0 Å². The van der Waals surface area contributed by atoms with Crippen LogP contribution in [0.1, 0.15) is 42.5 Å². The van der Waals surface area contributed by atoms with Gasteiger partial charge < -0.3 is 18.9 Å². The lowest BCUT2D eigenvalue weighted by Gasteiger charge is -2.17. The number of ether oxygens (including phenoxy) is 4. The van der Waals surface area contributed by atoms with E-state index in [1.807, 2.05) is 0 Å². The Labute approximate surface area is 199 Å². The molecule has 0 amide bonds. The van der Waals surface area contributed by atoms with Gasteiger partial charge in [-0.15, -0.1) is 0 Å². The molecular formula is C24H22N4O7. The van der Waals surface area contributed by atoms with Crippen molar-refractivity contribution in [3.63, 3.8) is 0 Å². The second kappa shape index (κ2) is 8.58. The molecule has 1 spiro atoms.